The second-order valence-corrected chi connectivity index (χ2v) is 6.72. The third-order valence-electron chi connectivity index (χ3n) is 1.69. The lowest BCUT2D eigenvalue weighted by Crippen LogP contribution is -2.26. The number of benzene rings is 1. The van der Waals surface area contributed by atoms with Crippen LogP contribution in [0.15, 0.2) is 32.6 Å². The van der Waals surface area contributed by atoms with Crippen molar-refractivity contribution in [3.63, 3.8) is 0 Å². The molecule has 8 heteroatoms. The minimum absolute atomic E-state index is 0.0917. The monoisotopic (exact) mass is 389 g/mol. The van der Waals surface area contributed by atoms with Gasteiger partial charge in [-0.2, -0.15) is 0 Å². The molecule has 1 aromatic rings. The molecule has 0 radical (unpaired) electrons. The summed E-state index contributed by atoms with van der Waals surface area (Å²) in [7, 11) is -4.06. The van der Waals surface area contributed by atoms with Crippen LogP contribution in [0.1, 0.15) is 0 Å². The molecule has 94 valence electrons. The first kappa shape index (κ1) is 14.7. The minimum Gasteiger partial charge on any atom is -0.207 e. The van der Waals surface area contributed by atoms with E-state index in [0.717, 1.165) is 6.07 Å². The van der Waals surface area contributed by atoms with Crippen LogP contribution >= 0.6 is 31.9 Å². The number of sulfonamides is 1. The molecule has 17 heavy (non-hydrogen) atoms. The minimum atomic E-state index is -4.06. The zero-order chi connectivity index (χ0) is 13.2. The molecule has 0 aromatic heterocycles. The highest BCUT2D eigenvalue weighted by Crippen LogP contribution is 2.26. The molecule has 0 saturated carbocycles. The third-order valence-corrected chi connectivity index (χ3v) is 4.33. The van der Waals surface area contributed by atoms with Gasteiger partial charge in [-0.25, -0.2) is 21.9 Å². The maximum absolute atomic E-state index is 13.4. The fraction of sp³-hybridized carbons (Fsp3) is 0.111. The van der Waals surface area contributed by atoms with Crippen molar-refractivity contribution in [2.24, 2.45) is 0 Å². The van der Waals surface area contributed by atoms with Crippen molar-refractivity contribution < 1.29 is 17.2 Å². The van der Waals surface area contributed by atoms with Gasteiger partial charge < -0.3 is 0 Å². The summed E-state index contributed by atoms with van der Waals surface area (Å²) in [5.41, 5.74) is 0. The smallest absolute Gasteiger partial charge is 0.207 e. The highest BCUT2D eigenvalue weighted by atomic mass is 79.9. The summed E-state index contributed by atoms with van der Waals surface area (Å²) >= 11 is 5.77. The molecule has 0 heterocycles. The first-order valence-electron chi connectivity index (χ1n) is 4.21. The van der Waals surface area contributed by atoms with Gasteiger partial charge in [0.05, 0.1) is 0 Å². The number of hydrogen-bond donors (Lipinski definition) is 1. The topological polar surface area (TPSA) is 46.2 Å². The Bertz CT molecular complexity index is 537. The summed E-state index contributed by atoms with van der Waals surface area (Å²) < 4.78 is 52.0. The van der Waals surface area contributed by atoms with Gasteiger partial charge in [0.25, 0.3) is 0 Å². The van der Waals surface area contributed by atoms with E-state index in [4.69, 9.17) is 0 Å². The summed E-state index contributed by atoms with van der Waals surface area (Å²) in [4.78, 5) is -0.632. The highest BCUT2D eigenvalue weighted by molar-refractivity contribution is 9.11. The quantitative estimate of drug-likeness (QED) is 0.859. The molecule has 3 nitrogen and oxygen atoms in total. The van der Waals surface area contributed by atoms with E-state index >= 15 is 0 Å². The largest absolute Gasteiger partial charge is 0.244 e. The van der Waals surface area contributed by atoms with Gasteiger partial charge in [-0.15, -0.1) is 0 Å². The van der Waals surface area contributed by atoms with Crippen molar-refractivity contribution in [1.29, 1.82) is 0 Å². The summed E-state index contributed by atoms with van der Waals surface area (Å²) in [5.74, 6) is -2.03. The molecule has 0 atom stereocenters. The summed E-state index contributed by atoms with van der Waals surface area (Å²) in [6.07, 6.45) is 0. The maximum Gasteiger partial charge on any atom is 0.244 e. The molecule has 0 bridgehead atoms. The average molecular weight is 391 g/mol. The van der Waals surface area contributed by atoms with Gasteiger partial charge >= 0.3 is 0 Å². The SMILES string of the molecule is C=C(Br)CNS(=O)(=O)c1c(F)cc(F)cc1Br. The van der Waals surface area contributed by atoms with E-state index in [1.807, 2.05) is 0 Å². The molecule has 1 aromatic carbocycles. The van der Waals surface area contributed by atoms with Gasteiger partial charge in [-0.05, 0) is 22.0 Å². The summed E-state index contributed by atoms with van der Waals surface area (Å²) in [5, 5.41) is 0. The highest BCUT2D eigenvalue weighted by Gasteiger charge is 2.23. The van der Waals surface area contributed by atoms with Crippen LogP contribution in [0, 0.1) is 11.6 Å². The first-order valence-corrected chi connectivity index (χ1v) is 7.28. The molecule has 0 fully saturated rings. The van der Waals surface area contributed by atoms with Crippen LogP contribution in [0.3, 0.4) is 0 Å². The molecule has 1 N–H and O–H groups in total. The summed E-state index contributed by atoms with van der Waals surface area (Å²) in [6, 6.07) is 1.38. The Kier molecular flexibility index (Phi) is 4.82. The van der Waals surface area contributed by atoms with E-state index < -0.39 is 26.6 Å². The van der Waals surface area contributed by atoms with Crippen molar-refractivity contribution in [3.8, 4) is 0 Å². The van der Waals surface area contributed by atoms with E-state index in [1.165, 1.54) is 0 Å². The third kappa shape index (κ3) is 3.84. The lowest BCUT2D eigenvalue weighted by molar-refractivity contribution is 0.542. The van der Waals surface area contributed by atoms with Crippen LogP contribution in [-0.4, -0.2) is 15.0 Å². The van der Waals surface area contributed by atoms with E-state index in [1.54, 1.807) is 0 Å². The van der Waals surface area contributed by atoms with Crippen molar-refractivity contribution in [2.45, 2.75) is 4.90 Å². The number of rotatable bonds is 4. The maximum atomic E-state index is 13.4. The van der Waals surface area contributed by atoms with Crippen LogP contribution in [0.25, 0.3) is 0 Å². The van der Waals surface area contributed by atoms with Gasteiger partial charge in [0, 0.05) is 21.6 Å². The zero-order valence-corrected chi connectivity index (χ0v) is 12.3. The van der Waals surface area contributed by atoms with E-state index in [-0.39, 0.29) is 11.0 Å². The lowest BCUT2D eigenvalue weighted by Gasteiger charge is -2.09. The van der Waals surface area contributed by atoms with Crippen LogP contribution in [-0.2, 0) is 10.0 Å². The molecule has 1 rings (SSSR count). The Morgan fingerprint density at radius 2 is 2.00 bits per heavy atom. The molecule has 0 saturated heterocycles. The second kappa shape index (κ2) is 5.55. The first-order chi connectivity index (χ1) is 7.74. The van der Waals surface area contributed by atoms with Gasteiger partial charge in [0.15, 0.2) is 0 Å². The van der Waals surface area contributed by atoms with Crippen molar-refractivity contribution in [1.82, 2.24) is 4.72 Å². The molecule has 0 aliphatic carbocycles. The Morgan fingerprint density at radius 3 is 2.47 bits per heavy atom. The molecule has 0 unspecified atom stereocenters. The Balaban J connectivity index is 3.20. The Labute approximate surface area is 114 Å². The van der Waals surface area contributed by atoms with Crippen LogP contribution < -0.4 is 4.72 Å². The van der Waals surface area contributed by atoms with Gasteiger partial charge in [-0.1, -0.05) is 22.5 Å². The molecule has 0 aliphatic heterocycles. The molecular formula is C9H7Br2F2NO2S. The Morgan fingerprint density at radius 1 is 1.41 bits per heavy atom. The molecule has 0 aliphatic rings. The number of nitrogens with one attached hydrogen (secondary N) is 1. The lowest BCUT2D eigenvalue weighted by atomic mass is 10.3. The van der Waals surface area contributed by atoms with Gasteiger partial charge in [0.2, 0.25) is 10.0 Å². The zero-order valence-electron chi connectivity index (χ0n) is 8.31. The van der Waals surface area contributed by atoms with Crippen molar-refractivity contribution >= 4 is 41.9 Å². The summed E-state index contributed by atoms with van der Waals surface area (Å²) in [6.45, 7) is 3.34. The second-order valence-electron chi connectivity index (χ2n) is 3.04. The number of hydrogen-bond acceptors (Lipinski definition) is 2. The predicted molar refractivity (Wildman–Crippen MR) is 67.3 cm³/mol. The van der Waals surface area contributed by atoms with E-state index in [0.29, 0.717) is 10.5 Å². The predicted octanol–water partition coefficient (Wildman–Crippen LogP) is 2.91. The Hall–Kier alpha value is -0.310. The van der Waals surface area contributed by atoms with Crippen LogP contribution in [0.2, 0.25) is 0 Å². The van der Waals surface area contributed by atoms with Gasteiger partial charge in [0.1, 0.15) is 16.5 Å². The van der Waals surface area contributed by atoms with Crippen molar-refractivity contribution in [3.05, 3.63) is 39.3 Å². The normalized spacial score (nSPS) is 11.5. The van der Waals surface area contributed by atoms with E-state index in [2.05, 4.69) is 43.2 Å². The fourth-order valence-corrected chi connectivity index (χ4v) is 3.54. The fourth-order valence-electron chi connectivity index (χ4n) is 1.03. The standard InChI is InChI=1S/C9H7Br2F2NO2S/c1-5(10)4-14-17(15,16)9-7(11)2-6(12)3-8(9)13/h2-3,14H,1,4H2. The van der Waals surface area contributed by atoms with Crippen molar-refractivity contribution in [2.75, 3.05) is 6.54 Å². The molecule has 0 spiro atoms. The van der Waals surface area contributed by atoms with E-state index in [9.17, 15) is 17.2 Å². The van der Waals surface area contributed by atoms with Crippen LogP contribution in [0.4, 0.5) is 8.78 Å². The van der Waals surface area contributed by atoms with Crippen LogP contribution in [0.5, 0.6) is 0 Å². The number of halogens is 4. The molecule has 0 amide bonds. The van der Waals surface area contributed by atoms with Gasteiger partial charge in [-0.3, -0.25) is 0 Å². The molecular weight excluding hydrogens is 384 g/mol. The average Bonchev–Trinajstić information content (AvgIpc) is 2.12.